The van der Waals surface area contributed by atoms with Crippen molar-refractivity contribution in [2.24, 2.45) is 5.92 Å². The first kappa shape index (κ1) is 15.1. The number of halogens is 3. The van der Waals surface area contributed by atoms with Crippen LogP contribution in [0.25, 0.3) is 0 Å². The number of nitrogens with zero attached hydrogens (tertiary/aromatic N) is 1. The van der Waals surface area contributed by atoms with Gasteiger partial charge in [-0.05, 0) is 55.2 Å². The fraction of sp³-hybridized carbons (Fsp3) is 0.500. The van der Waals surface area contributed by atoms with Gasteiger partial charge in [-0.2, -0.15) is 13.2 Å². The van der Waals surface area contributed by atoms with E-state index in [9.17, 15) is 13.2 Å². The molecule has 0 bridgehead atoms. The van der Waals surface area contributed by atoms with Crippen molar-refractivity contribution in [3.8, 4) is 0 Å². The summed E-state index contributed by atoms with van der Waals surface area (Å²) < 4.78 is 37.4. The number of thiocarbonyl (C=S) groups is 1. The van der Waals surface area contributed by atoms with Gasteiger partial charge in [-0.25, -0.2) is 0 Å². The molecule has 1 aliphatic rings. The Hall–Kier alpha value is -1.30. The minimum atomic E-state index is -4.30. The average molecular weight is 302 g/mol. The van der Waals surface area contributed by atoms with Crippen molar-refractivity contribution < 1.29 is 13.2 Å². The van der Waals surface area contributed by atoms with Crippen molar-refractivity contribution in [2.45, 2.75) is 25.9 Å². The van der Waals surface area contributed by atoms with E-state index in [1.807, 2.05) is 0 Å². The van der Waals surface area contributed by atoms with E-state index < -0.39 is 11.7 Å². The third-order valence-corrected chi connectivity index (χ3v) is 3.77. The van der Waals surface area contributed by atoms with Crippen LogP contribution in [0.3, 0.4) is 0 Å². The average Bonchev–Trinajstić information content (AvgIpc) is 2.38. The van der Waals surface area contributed by atoms with E-state index in [4.69, 9.17) is 12.2 Å². The Kier molecular flexibility index (Phi) is 4.52. The minimum absolute atomic E-state index is 0.580. The number of nitrogens with one attached hydrogen (secondary N) is 1. The monoisotopic (exact) mass is 302 g/mol. The molecule has 1 fully saturated rings. The molecule has 1 aromatic carbocycles. The van der Waals surface area contributed by atoms with E-state index in [1.54, 1.807) is 0 Å². The molecule has 1 saturated heterocycles. The number of likely N-dealkylation sites (tertiary alicyclic amines) is 1. The highest BCUT2D eigenvalue weighted by molar-refractivity contribution is 7.80. The maximum atomic E-state index is 12.5. The maximum Gasteiger partial charge on any atom is 0.416 e. The standard InChI is InChI=1S/C14H17F3N2S/c1-10-3-2-8-19(9-10)13(20)18-12-6-4-11(5-7-12)14(15,16)17/h4-7,10H,2-3,8-9H2,1H3,(H,18,20). The van der Waals surface area contributed by atoms with Crippen LogP contribution in [0.15, 0.2) is 24.3 Å². The van der Waals surface area contributed by atoms with Gasteiger partial charge < -0.3 is 10.2 Å². The Labute approximate surface area is 122 Å². The summed E-state index contributed by atoms with van der Waals surface area (Å²) in [6, 6.07) is 4.93. The molecule has 2 nitrogen and oxygen atoms in total. The first-order chi connectivity index (χ1) is 9.36. The minimum Gasteiger partial charge on any atom is -0.349 e. The van der Waals surface area contributed by atoms with Crippen molar-refractivity contribution in [1.29, 1.82) is 0 Å². The van der Waals surface area contributed by atoms with Gasteiger partial charge in [-0.1, -0.05) is 6.92 Å². The third kappa shape index (κ3) is 3.85. The summed E-state index contributed by atoms with van der Waals surface area (Å²) in [5.74, 6) is 0.594. The Morgan fingerprint density at radius 2 is 1.95 bits per heavy atom. The summed E-state index contributed by atoms with van der Waals surface area (Å²) in [7, 11) is 0. The zero-order valence-corrected chi connectivity index (χ0v) is 12.0. The van der Waals surface area contributed by atoms with Crippen LogP contribution in [-0.2, 0) is 6.18 Å². The molecule has 1 unspecified atom stereocenters. The first-order valence-electron chi connectivity index (χ1n) is 6.59. The van der Waals surface area contributed by atoms with Gasteiger partial charge in [0.05, 0.1) is 5.56 Å². The molecule has 1 atom stereocenters. The number of hydrogen-bond acceptors (Lipinski definition) is 1. The molecule has 1 aromatic rings. The number of hydrogen-bond donors (Lipinski definition) is 1. The predicted octanol–water partition coefficient (Wildman–Crippen LogP) is 4.13. The topological polar surface area (TPSA) is 15.3 Å². The summed E-state index contributed by atoms with van der Waals surface area (Å²) in [4.78, 5) is 2.07. The van der Waals surface area contributed by atoms with Crippen molar-refractivity contribution >= 4 is 23.0 Å². The van der Waals surface area contributed by atoms with Crippen LogP contribution in [0.4, 0.5) is 18.9 Å². The Bertz CT molecular complexity index is 470. The quantitative estimate of drug-likeness (QED) is 0.785. The zero-order valence-electron chi connectivity index (χ0n) is 11.2. The largest absolute Gasteiger partial charge is 0.416 e. The molecule has 0 amide bonds. The van der Waals surface area contributed by atoms with E-state index in [2.05, 4.69) is 17.1 Å². The van der Waals surface area contributed by atoms with E-state index in [0.717, 1.165) is 31.6 Å². The second-order valence-corrected chi connectivity index (χ2v) is 5.59. The van der Waals surface area contributed by atoms with Gasteiger partial charge in [0, 0.05) is 18.8 Å². The summed E-state index contributed by atoms with van der Waals surface area (Å²) in [5, 5.41) is 3.58. The Balaban J connectivity index is 1.97. The number of piperidine rings is 1. The van der Waals surface area contributed by atoms with Crippen LogP contribution >= 0.6 is 12.2 Å². The third-order valence-electron chi connectivity index (χ3n) is 3.41. The molecule has 0 saturated carbocycles. The van der Waals surface area contributed by atoms with Crippen molar-refractivity contribution in [3.63, 3.8) is 0 Å². The van der Waals surface area contributed by atoms with E-state index in [0.29, 0.717) is 16.7 Å². The van der Waals surface area contributed by atoms with Crippen molar-refractivity contribution in [3.05, 3.63) is 29.8 Å². The summed E-state index contributed by atoms with van der Waals surface area (Å²) in [6.07, 6.45) is -2.02. The lowest BCUT2D eigenvalue weighted by molar-refractivity contribution is -0.137. The van der Waals surface area contributed by atoms with Crippen LogP contribution in [0.1, 0.15) is 25.3 Å². The van der Waals surface area contributed by atoms with Crippen LogP contribution in [0.2, 0.25) is 0 Å². The molecule has 2 rings (SSSR count). The molecule has 6 heteroatoms. The molecule has 0 aliphatic carbocycles. The summed E-state index contributed by atoms with van der Waals surface area (Å²) in [5.41, 5.74) is -0.0678. The van der Waals surface area contributed by atoms with Gasteiger partial charge in [0.15, 0.2) is 5.11 Å². The highest BCUT2D eigenvalue weighted by Crippen LogP contribution is 2.29. The molecule has 110 valence electrons. The lowest BCUT2D eigenvalue weighted by Gasteiger charge is -2.33. The van der Waals surface area contributed by atoms with Gasteiger partial charge in [0.25, 0.3) is 0 Å². The molecule has 1 aliphatic heterocycles. The van der Waals surface area contributed by atoms with E-state index in [-0.39, 0.29) is 0 Å². The van der Waals surface area contributed by atoms with Crippen LogP contribution in [-0.4, -0.2) is 23.1 Å². The number of rotatable bonds is 1. The van der Waals surface area contributed by atoms with E-state index >= 15 is 0 Å². The molecule has 1 N–H and O–H groups in total. The second-order valence-electron chi connectivity index (χ2n) is 5.20. The van der Waals surface area contributed by atoms with Gasteiger partial charge >= 0.3 is 6.18 Å². The fourth-order valence-electron chi connectivity index (χ4n) is 2.32. The summed E-state index contributed by atoms with van der Waals surface area (Å²) >= 11 is 5.31. The van der Waals surface area contributed by atoms with E-state index in [1.165, 1.54) is 18.6 Å². The molecule has 1 heterocycles. The van der Waals surface area contributed by atoms with Gasteiger partial charge in [-0.15, -0.1) is 0 Å². The predicted molar refractivity (Wildman–Crippen MR) is 77.6 cm³/mol. The molecule has 20 heavy (non-hydrogen) atoms. The Morgan fingerprint density at radius 3 is 2.50 bits per heavy atom. The Morgan fingerprint density at radius 1 is 1.30 bits per heavy atom. The molecular weight excluding hydrogens is 285 g/mol. The van der Waals surface area contributed by atoms with Gasteiger partial charge in [0.2, 0.25) is 0 Å². The number of benzene rings is 1. The summed E-state index contributed by atoms with van der Waals surface area (Å²) in [6.45, 7) is 3.97. The van der Waals surface area contributed by atoms with Gasteiger partial charge in [-0.3, -0.25) is 0 Å². The van der Waals surface area contributed by atoms with Crippen molar-refractivity contribution in [2.75, 3.05) is 18.4 Å². The second kappa shape index (κ2) is 5.99. The SMILES string of the molecule is CC1CCCN(C(=S)Nc2ccc(C(F)(F)F)cc2)C1. The smallest absolute Gasteiger partial charge is 0.349 e. The highest BCUT2D eigenvalue weighted by Gasteiger charge is 2.30. The van der Waals surface area contributed by atoms with Crippen LogP contribution in [0, 0.1) is 5.92 Å². The number of alkyl halides is 3. The molecule has 0 spiro atoms. The first-order valence-corrected chi connectivity index (χ1v) is 7.00. The number of anilines is 1. The maximum absolute atomic E-state index is 12.5. The lowest BCUT2D eigenvalue weighted by Crippen LogP contribution is -2.41. The van der Waals surface area contributed by atoms with Gasteiger partial charge in [0.1, 0.15) is 0 Å². The van der Waals surface area contributed by atoms with Crippen LogP contribution < -0.4 is 5.32 Å². The molecule has 0 aromatic heterocycles. The normalized spacial score (nSPS) is 19.8. The fourth-order valence-corrected chi connectivity index (χ4v) is 2.60. The highest BCUT2D eigenvalue weighted by atomic mass is 32.1. The zero-order chi connectivity index (χ0) is 14.8. The van der Waals surface area contributed by atoms with Crippen LogP contribution in [0.5, 0.6) is 0 Å². The molecular formula is C14H17F3N2S. The lowest BCUT2D eigenvalue weighted by atomic mass is 10.0. The van der Waals surface area contributed by atoms with Crippen molar-refractivity contribution in [1.82, 2.24) is 4.90 Å². The molecule has 0 radical (unpaired) electrons.